The Morgan fingerprint density at radius 3 is 2.55 bits per heavy atom. The molecule has 0 bridgehead atoms. The molecule has 0 spiro atoms. The molecule has 0 saturated carbocycles. The molecule has 6 nitrogen and oxygen atoms in total. The van der Waals surface area contributed by atoms with Crippen molar-refractivity contribution in [2.45, 2.75) is 37.5 Å². The van der Waals surface area contributed by atoms with Gasteiger partial charge in [0.05, 0.1) is 11.3 Å². The smallest absolute Gasteiger partial charge is 0.335 e. The van der Waals surface area contributed by atoms with Crippen LogP contribution in [0, 0.1) is 0 Å². The molecule has 112 valence electrons. The number of unbranched alkanes of at least 4 members (excludes halogenated alkanes) is 3. The maximum atomic E-state index is 11.5. The summed E-state index contributed by atoms with van der Waals surface area (Å²) < 4.78 is 23.0. The standard InChI is InChI=1S/C13H20N2O4S/c1-2-3-4-5-8-15-11-7-6-10(13(16)17)9-12(11)20(14,18)19/h6-7,9,15H,2-5,8H2,1H3,(H,16,17)(H2,14,18,19). The Kier molecular flexibility index (Phi) is 5.97. The Balaban J connectivity index is 2.87. The average Bonchev–Trinajstić information content (AvgIpc) is 2.37. The number of rotatable bonds is 8. The topological polar surface area (TPSA) is 109 Å². The van der Waals surface area contributed by atoms with Crippen molar-refractivity contribution in [2.24, 2.45) is 5.14 Å². The van der Waals surface area contributed by atoms with Gasteiger partial charge in [-0.2, -0.15) is 0 Å². The maximum Gasteiger partial charge on any atom is 0.335 e. The van der Waals surface area contributed by atoms with Gasteiger partial charge in [0.25, 0.3) is 0 Å². The quantitative estimate of drug-likeness (QED) is 0.636. The number of benzene rings is 1. The second kappa shape index (κ2) is 7.25. The van der Waals surface area contributed by atoms with E-state index in [1.54, 1.807) is 0 Å². The van der Waals surface area contributed by atoms with Gasteiger partial charge in [0, 0.05) is 6.54 Å². The fourth-order valence-corrected chi connectivity index (χ4v) is 2.55. The van der Waals surface area contributed by atoms with E-state index in [0.29, 0.717) is 12.2 Å². The zero-order valence-corrected chi connectivity index (χ0v) is 12.2. The van der Waals surface area contributed by atoms with Gasteiger partial charge in [-0.15, -0.1) is 0 Å². The first-order chi connectivity index (χ1) is 9.36. The van der Waals surface area contributed by atoms with Gasteiger partial charge in [0.15, 0.2) is 0 Å². The molecule has 0 aliphatic carbocycles. The molecule has 4 N–H and O–H groups in total. The predicted molar refractivity (Wildman–Crippen MR) is 77.4 cm³/mol. The molecule has 0 radical (unpaired) electrons. The first-order valence-electron chi connectivity index (χ1n) is 6.50. The summed E-state index contributed by atoms with van der Waals surface area (Å²) >= 11 is 0. The van der Waals surface area contributed by atoms with E-state index in [1.165, 1.54) is 12.1 Å². The SMILES string of the molecule is CCCCCCNc1ccc(C(=O)O)cc1S(N)(=O)=O. The lowest BCUT2D eigenvalue weighted by molar-refractivity contribution is 0.0696. The highest BCUT2D eigenvalue weighted by molar-refractivity contribution is 7.89. The molecule has 1 aromatic rings. The summed E-state index contributed by atoms with van der Waals surface area (Å²) in [4.78, 5) is 10.7. The summed E-state index contributed by atoms with van der Waals surface area (Å²) in [7, 11) is -3.96. The summed E-state index contributed by atoms with van der Waals surface area (Å²) in [6.45, 7) is 2.73. The Morgan fingerprint density at radius 2 is 2.00 bits per heavy atom. The van der Waals surface area contributed by atoms with Crippen molar-refractivity contribution >= 4 is 21.7 Å². The molecule has 0 atom stereocenters. The van der Waals surface area contributed by atoms with Crippen LogP contribution < -0.4 is 10.5 Å². The first-order valence-corrected chi connectivity index (χ1v) is 8.05. The normalized spacial score (nSPS) is 11.3. The van der Waals surface area contributed by atoms with Crippen molar-refractivity contribution < 1.29 is 18.3 Å². The summed E-state index contributed by atoms with van der Waals surface area (Å²) in [5, 5.41) is 17.0. The molecule has 1 aromatic carbocycles. The largest absolute Gasteiger partial charge is 0.478 e. The number of hydrogen-bond donors (Lipinski definition) is 3. The molecule has 20 heavy (non-hydrogen) atoms. The zero-order chi connectivity index (χ0) is 15.2. The highest BCUT2D eigenvalue weighted by Crippen LogP contribution is 2.22. The molecular formula is C13H20N2O4S. The van der Waals surface area contributed by atoms with Crippen molar-refractivity contribution in [1.82, 2.24) is 0 Å². The molecule has 0 amide bonds. The van der Waals surface area contributed by atoms with Crippen molar-refractivity contribution in [2.75, 3.05) is 11.9 Å². The minimum Gasteiger partial charge on any atom is -0.478 e. The lowest BCUT2D eigenvalue weighted by Crippen LogP contribution is -2.16. The van der Waals surface area contributed by atoms with Crippen LogP contribution in [0.3, 0.4) is 0 Å². The van der Waals surface area contributed by atoms with E-state index in [9.17, 15) is 13.2 Å². The Labute approximate surface area is 119 Å². The molecule has 7 heteroatoms. The summed E-state index contributed by atoms with van der Waals surface area (Å²) in [5.74, 6) is -1.19. The molecule has 0 heterocycles. The van der Waals surface area contributed by atoms with Gasteiger partial charge in [0.2, 0.25) is 10.0 Å². The predicted octanol–water partition coefficient (Wildman–Crippen LogP) is 2.02. The van der Waals surface area contributed by atoms with Crippen molar-refractivity contribution in [1.29, 1.82) is 0 Å². The van der Waals surface area contributed by atoms with Crippen molar-refractivity contribution in [3.05, 3.63) is 23.8 Å². The van der Waals surface area contributed by atoms with Crippen LogP contribution in [0.4, 0.5) is 5.69 Å². The van der Waals surface area contributed by atoms with Crippen molar-refractivity contribution in [3.8, 4) is 0 Å². The lowest BCUT2D eigenvalue weighted by atomic mass is 10.2. The van der Waals surface area contributed by atoms with E-state index in [1.807, 2.05) is 0 Å². The Hall–Kier alpha value is -1.60. The second-order valence-electron chi connectivity index (χ2n) is 4.55. The summed E-state index contributed by atoms with van der Waals surface area (Å²) in [5.41, 5.74) is 0.236. The van der Waals surface area contributed by atoms with E-state index >= 15 is 0 Å². The minimum absolute atomic E-state index is 0.106. The van der Waals surface area contributed by atoms with Crippen LogP contribution in [0.15, 0.2) is 23.1 Å². The van der Waals surface area contributed by atoms with Gasteiger partial charge in [-0.3, -0.25) is 0 Å². The second-order valence-corrected chi connectivity index (χ2v) is 6.08. The van der Waals surface area contributed by atoms with Gasteiger partial charge < -0.3 is 10.4 Å². The molecule has 0 unspecified atom stereocenters. The third kappa shape index (κ3) is 4.82. The molecule has 0 aliphatic heterocycles. The average molecular weight is 300 g/mol. The number of primary sulfonamides is 1. The highest BCUT2D eigenvalue weighted by Gasteiger charge is 2.16. The zero-order valence-electron chi connectivity index (χ0n) is 11.4. The monoisotopic (exact) mass is 300 g/mol. The van der Waals surface area contributed by atoms with Gasteiger partial charge in [-0.1, -0.05) is 26.2 Å². The molecular weight excluding hydrogens is 280 g/mol. The van der Waals surface area contributed by atoms with Crippen LogP contribution in [0.1, 0.15) is 43.0 Å². The van der Waals surface area contributed by atoms with E-state index in [2.05, 4.69) is 12.2 Å². The lowest BCUT2D eigenvalue weighted by Gasteiger charge is -2.11. The van der Waals surface area contributed by atoms with E-state index in [4.69, 9.17) is 10.2 Å². The van der Waals surface area contributed by atoms with E-state index in [-0.39, 0.29) is 10.5 Å². The number of aromatic carboxylic acids is 1. The molecule has 0 saturated heterocycles. The first kappa shape index (κ1) is 16.5. The molecule has 0 aromatic heterocycles. The van der Waals surface area contributed by atoms with Crippen LogP contribution in [0.5, 0.6) is 0 Å². The number of nitrogens with one attached hydrogen (secondary N) is 1. The van der Waals surface area contributed by atoms with Gasteiger partial charge in [0.1, 0.15) is 4.90 Å². The summed E-state index contributed by atoms with van der Waals surface area (Å²) in [6, 6.07) is 3.86. The van der Waals surface area contributed by atoms with E-state index < -0.39 is 16.0 Å². The minimum atomic E-state index is -3.96. The third-order valence-corrected chi connectivity index (χ3v) is 3.83. The number of hydrogen-bond acceptors (Lipinski definition) is 4. The molecule has 0 aliphatic rings. The number of carbonyl (C=O) groups is 1. The number of carboxylic acids is 1. The number of sulfonamides is 1. The fraction of sp³-hybridized carbons (Fsp3) is 0.462. The van der Waals surface area contributed by atoms with Crippen molar-refractivity contribution in [3.63, 3.8) is 0 Å². The highest BCUT2D eigenvalue weighted by atomic mass is 32.2. The van der Waals surface area contributed by atoms with Crippen LogP contribution in [0.2, 0.25) is 0 Å². The fourth-order valence-electron chi connectivity index (χ4n) is 1.81. The van der Waals surface area contributed by atoms with Crippen LogP contribution in [-0.4, -0.2) is 26.0 Å². The maximum absolute atomic E-state index is 11.5. The summed E-state index contributed by atoms with van der Waals surface area (Å²) in [6.07, 6.45) is 4.22. The number of anilines is 1. The number of carboxylic acid groups (broad SMARTS) is 1. The number of nitrogens with two attached hydrogens (primary N) is 1. The van der Waals surface area contributed by atoms with Crippen LogP contribution in [0.25, 0.3) is 0 Å². The van der Waals surface area contributed by atoms with Gasteiger partial charge in [-0.05, 0) is 24.6 Å². The molecule has 1 rings (SSSR count). The third-order valence-electron chi connectivity index (χ3n) is 2.88. The van der Waals surface area contributed by atoms with Crippen LogP contribution >= 0.6 is 0 Å². The van der Waals surface area contributed by atoms with Gasteiger partial charge >= 0.3 is 5.97 Å². The van der Waals surface area contributed by atoms with Gasteiger partial charge in [-0.25, -0.2) is 18.4 Å². The van der Waals surface area contributed by atoms with Crippen LogP contribution in [-0.2, 0) is 10.0 Å². The Bertz CT molecular complexity index is 570. The Morgan fingerprint density at radius 1 is 1.30 bits per heavy atom. The van der Waals surface area contributed by atoms with E-state index in [0.717, 1.165) is 31.7 Å². The molecule has 0 fully saturated rings.